The molecule has 8 heteroatoms. The van der Waals surface area contributed by atoms with Gasteiger partial charge in [-0.15, -0.1) is 0 Å². The lowest BCUT2D eigenvalue weighted by Gasteiger charge is -2.29. The van der Waals surface area contributed by atoms with Crippen molar-refractivity contribution in [3.63, 3.8) is 0 Å². The molecule has 2 aliphatic rings. The molecule has 3 N–H and O–H groups in total. The van der Waals surface area contributed by atoms with Gasteiger partial charge in [-0.25, -0.2) is 0 Å². The standard InChI is InChI=1S/C24H30N2O6/c1-7-26(8-2)10-9-25-13(4)17-15(28)11-16-24(6,23(17)31)19-21(30)12(3)20(29)18(14(5)27)22(19)32-16/h11,25,29-30H,7-10H2,1-6H3/b17-13+/t24-/m0/s1. The first-order chi connectivity index (χ1) is 15.0. The normalized spacial score (nSPS) is 21.2. The van der Waals surface area contributed by atoms with Gasteiger partial charge in [0.2, 0.25) is 0 Å². The summed E-state index contributed by atoms with van der Waals surface area (Å²) in [5.41, 5.74) is -1.01. The van der Waals surface area contributed by atoms with Crippen molar-refractivity contribution in [2.75, 3.05) is 26.2 Å². The van der Waals surface area contributed by atoms with Crippen molar-refractivity contribution in [1.82, 2.24) is 10.2 Å². The van der Waals surface area contributed by atoms with Crippen molar-refractivity contribution in [2.24, 2.45) is 0 Å². The van der Waals surface area contributed by atoms with Gasteiger partial charge in [0.15, 0.2) is 17.3 Å². The largest absolute Gasteiger partial charge is 0.507 e. The zero-order valence-corrected chi connectivity index (χ0v) is 19.4. The minimum Gasteiger partial charge on any atom is -0.507 e. The van der Waals surface area contributed by atoms with Crippen molar-refractivity contribution in [3.05, 3.63) is 39.8 Å². The molecule has 32 heavy (non-hydrogen) atoms. The Hall–Kier alpha value is -3.13. The summed E-state index contributed by atoms with van der Waals surface area (Å²) < 4.78 is 5.76. The highest BCUT2D eigenvalue weighted by atomic mass is 16.5. The molecule has 172 valence electrons. The molecule has 0 bridgehead atoms. The molecule has 1 aromatic carbocycles. The van der Waals surface area contributed by atoms with E-state index in [0.29, 0.717) is 12.2 Å². The Bertz CT molecular complexity index is 1080. The quantitative estimate of drug-likeness (QED) is 0.335. The first kappa shape index (κ1) is 23.5. The summed E-state index contributed by atoms with van der Waals surface area (Å²) in [5, 5.41) is 24.4. The number of ketones is 3. The number of ether oxygens (including phenoxy) is 1. The number of rotatable bonds is 7. The van der Waals surface area contributed by atoms with Crippen LogP contribution in [0.4, 0.5) is 0 Å². The number of Topliss-reactive ketones (excluding diaryl/α,β-unsaturated/α-hetero) is 2. The van der Waals surface area contributed by atoms with Gasteiger partial charge >= 0.3 is 0 Å². The molecular formula is C24H30N2O6. The Morgan fingerprint density at radius 3 is 2.34 bits per heavy atom. The van der Waals surface area contributed by atoms with Gasteiger partial charge < -0.3 is 25.2 Å². The van der Waals surface area contributed by atoms with E-state index in [1.165, 1.54) is 19.9 Å². The van der Waals surface area contributed by atoms with Crippen LogP contribution in [0.2, 0.25) is 0 Å². The molecule has 8 nitrogen and oxygen atoms in total. The Labute approximate surface area is 187 Å². The first-order valence-corrected chi connectivity index (χ1v) is 10.8. The van der Waals surface area contributed by atoms with Gasteiger partial charge in [0.25, 0.3) is 0 Å². The van der Waals surface area contributed by atoms with Crippen LogP contribution in [0.1, 0.15) is 56.1 Å². The number of aromatic hydroxyl groups is 2. The first-order valence-electron chi connectivity index (χ1n) is 10.8. The molecular weight excluding hydrogens is 412 g/mol. The molecule has 1 heterocycles. The van der Waals surface area contributed by atoms with Crippen LogP contribution in [0.25, 0.3) is 0 Å². The van der Waals surface area contributed by atoms with Crippen LogP contribution < -0.4 is 10.1 Å². The van der Waals surface area contributed by atoms with Crippen LogP contribution in [0.15, 0.2) is 23.1 Å². The smallest absolute Gasteiger partial charge is 0.194 e. The maximum atomic E-state index is 13.7. The molecule has 1 atom stereocenters. The van der Waals surface area contributed by atoms with Crippen LogP contribution in [0.3, 0.4) is 0 Å². The Balaban J connectivity index is 2.10. The van der Waals surface area contributed by atoms with E-state index in [0.717, 1.165) is 19.6 Å². The summed E-state index contributed by atoms with van der Waals surface area (Å²) in [6, 6.07) is 0. The minimum atomic E-state index is -1.49. The monoisotopic (exact) mass is 442 g/mol. The lowest BCUT2D eigenvalue weighted by atomic mass is 9.70. The lowest BCUT2D eigenvalue weighted by Crippen LogP contribution is -2.41. The summed E-state index contributed by atoms with van der Waals surface area (Å²) in [7, 11) is 0. The van der Waals surface area contributed by atoms with Gasteiger partial charge in [-0.05, 0) is 40.8 Å². The van der Waals surface area contributed by atoms with Gasteiger partial charge in [0.1, 0.15) is 34.0 Å². The average Bonchev–Trinajstić information content (AvgIpc) is 3.02. The van der Waals surface area contributed by atoms with E-state index < -0.39 is 28.5 Å². The number of fused-ring (bicyclic) bond motifs is 3. The Kier molecular flexibility index (Phi) is 6.20. The topological polar surface area (TPSA) is 116 Å². The summed E-state index contributed by atoms with van der Waals surface area (Å²) in [6.45, 7) is 13.2. The van der Waals surface area contributed by atoms with E-state index in [1.54, 1.807) is 13.8 Å². The van der Waals surface area contributed by atoms with Crippen molar-refractivity contribution < 1.29 is 29.3 Å². The molecule has 1 aliphatic carbocycles. The zero-order valence-electron chi connectivity index (χ0n) is 19.4. The summed E-state index contributed by atoms with van der Waals surface area (Å²) in [5.74, 6) is -2.29. The van der Waals surface area contributed by atoms with Crippen LogP contribution in [-0.2, 0) is 15.0 Å². The summed E-state index contributed by atoms with van der Waals surface area (Å²) in [4.78, 5) is 41.0. The molecule has 0 unspecified atom stereocenters. The fourth-order valence-electron chi connectivity index (χ4n) is 4.39. The predicted molar refractivity (Wildman–Crippen MR) is 119 cm³/mol. The van der Waals surface area contributed by atoms with E-state index in [1.807, 2.05) is 0 Å². The number of nitrogens with zero attached hydrogens (tertiary/aromatic N) is 1. The van der Waals surface area contributed by atoms with Gasteiger partial charge in [0.05, 0.1) is 11.1 Å². The third kappa shape index (κ3) is 3.39. The van der Waals surface area contributed by atoms with Crippen LogP contribution in [0.5, 0.6) is 17.2 Å². The highest BCUT2D eigenvalue weighted by molar-refractivity contribution is 6.31. The Morgan fingerprint density at radius 1 is 1.16 bits per heavy atom. The predicted octanol–water partition coefficient (Wildman–Crippen LogP) is 2.50. The number of benzene rings is 1. The van der Waals surface area contributed by atoms with Crippen LogP contribution in [0, 0.1) is 6.92 Å². The number of nitrogens with one attached hydrogen (secondary N) is 1. The van der Waals surface area contributed by atoms with Crippen molar-refractivity contribution >= 4 is 17.3 Å². The van der Waals surface area contributed by atoms with Crippen molar-refractivity contribution in [3.8, 4) is 17.2 Å². The van der Waals surface area contributed by atoms with E-state index in [9.17, 15) is 24.6 Å². The summed E-state index contributed by atoms with van der Waals surface area (Å²) in [6.07, 6.45) is 1.22. The van der Waals surface area contributed by atoms with Crippen molar-refractivity contribution in [2.45, 2.75) is 47.0 Å². The third-order valence-electron chi connectivity index (χ3n) is 6.47. The lowest BCUT2D eigenvalue weighted by molar-refractivity contribution is -0.123. The number of hydrogen-bond donors (Lipinski definition) is 3. The average molecular weight is 443 g/mol. The molecule has 0 aromatic heterocycles. The number of allylic oxidation sites excluding steroid dienone is 4. The second kappa shape index (κ2) is 8.43. The zero-order chi connectivity index (χ0) is 24.0. The SMILES string of the molecule is CCN(CC)CCN/C(C)=C1\C(=O)C=C2Oc3c(C(C)=O)c(O)c(C)c(O)c3[C@@]2(C)C1=O. The minimum absolute atomic E-state index is 0.0123. The number of hydrogen-bond acceptors (Lipinski definition) is 8. The van der Waals surface area contributed by atoms with Gasteiger partial charge in [-0.1, -0.05) is 13.8 Å². The maximum absolute atomic E-state index is 13.7. The maximum Gasteiger partial charge on any atom is 0.194 e. The number of likely N-dealkylation sites (N-methyl/N-ethyl adjacent to an activating group) is 1. The number of phenolic OH excluding ortho intramolecular Hbond substituents is 2. The fourth-order valence-corrected chi connectivity index (χ4v) is 4.39. The molecule has 1 aliphatic heterocycles. The third-order valence-corrected chi connectivity index (χ3v) is 6.47. The van der Waals surface area contributed by atoms with E-state index in [2.05, 4.69) is 24.1 Å². The van der Waals surface area contributed by atoms with E-state index >= 15 is 0 Å². The summed E-state index contributed by atoms with van der Waals surface area (Å²) >= 11 is 0. The Morgan fingerprint density at radius 2 is 1.78 bits per heavy atom. The van der Waals surface area contributed by atoms with Crippen molar-refractivity contribution in [1.29, 1.82) is 0 Å². The fraction of sp³-hybridized carbons (Fsp3) is 0.458. The molecule has 1 aromatic rings. The molecule has 0 spiro atoms. The molecule has 0 fully saturated rings. The highest BCUT2D eigenvalue weighted by Crippen LogP contribution is 2.57. The van der Waals surface area contributed by atoms with Crippen LogP contribution >= 0.6 is 0 Å². The van der Waals surface area contributed by atoms with E-state index in [-0.39, 0.29) is 39.5 Å². The van der Waals surface area contributed by atoms with Crippen LogP contribution in [-0.4, -0.2) is 58.6 Å². The number of phenols is 2. The van der Waals surface area contributed by atoms with E-state index in [4.69, 9.17) is 4.74 Å². The number of carbonyl (C=O) groups excluding carboxylic acids is 3. The molecule has 0 radical (unpaired) electrons. The second-order valence-electron chi connectivity index (χ2n) is 8.34. The highest BCUT2D eigenvalue weighted by Gasteiger charge is 2.56. The van der Waals surface area contributed by atoms with Gasteiger partial charge in [0, 0.05) is 30.4 Å². The molecule has 0 saturated heterocycles. The molecule has 0 amide bonds. The molecule has 0 saturated carbocycles. The van der Waals surface area contributed by atoms with Gasteiger partial charge in [-0.3, -0.25) is 14.4 Å². The second-order valence-corrected chi connectivity index (χ2v) is 8.34. The van der Waals surface area contributed by atoms with Gasteiger partial charge in [-0.2, -0.15) is 0 Å². The number of carbonyl (C=O) groups is 3. The molecule has 3 rings (SSSR count).